The van der Waals surface area contributed by atoms with Gasteiger partial charge in [-0.3, -0.25) is 0 Å². The number of para-hydroxylation sites is 1. The van der Waals surface area contributed by atoms with Crippen molar-refractivity contribution in [1.29, 1.82) is 0 Å². The first kappa shape index (κ1) is 10.6. The van der Waals surface area contributed by atoms with Gasteiger partial charge in [-0.1, -0.05) is 17.7 Å². The highest BCUT2D eigenvalue weighted by Crippen LogP contribution is 2.38. The van der Waals surface area contributed by atoms with Gasteiger partial charge >= 0.3 is 0 Å². The van der Waals surface area contributed by atoms with Crippen LogP contribution in [0.4, 0.5) is 5.69 Å². The summed E-state index contributed by atoms with van der Waals surface area (Å²) >= 11 is 6.06. The Bertz CT molecular complexity index is 356. The summed E-state index contributed by atoms with van der Waals surface area (Å²) in [5, 5.41) is 3.84. The van der Waals surface area contributed by atoms with E-state index in [1.54, 1.807) is 0 Å². The standard InChI is InChI=1S/C11H15ClN2O/c1-13-6-8-7-15-11-9(12)4-3-5-10(11)14(8)2/h3-5,8,13H,6-7H2,1-2H3. The molecule has 1 aliphatic rings. The minimum Gasteiger partial charge on any atom is -0.488 e. The first-order valence-corrected chi connectivity index (χ1v) is 5.40. The third kappa shape index (κ3) is 1.90. The van der Waals surface area contributed by atoms with Crippen molar-refractivity contribution in [2.24, 2.45) is 0 Å². The minimum atomic E-state index is 0.362. The summed E-state index contributed by atoms with van der Waals surface area (Å²) in [6.45, 7) is 1.58. The molecule has 1 atom stereocenters. The van der Waals surface area contributed by atoms with Crippen LogP contribution in [0, 0.1) is 0 Å². The maximum Gasteiger partial charge on any atom is 0.161 e. The third-order valence-electron chi connectivity index (χ3n) is 2.73. The highest BCUT2D eigenvalue weighted by atomic mass is 35.5. The lowest BCUT2D eigenvalue weighted by Gasteiger charge is -2.36. The number of fused-ring (bicyclic) bond motifs is 1. The quantitative estimate of drug-likeness (QED) is 0.832. The first-order valence-electron chi connectivity index (χ1n) is 5.02. The molecule has 0 fully saturated rings. The van der Waals surface area contributed by atoms with Gasteiger partial charge in [-0.15, -0.1) is 0 Å². The van der Waals surface area contributed by atoms with Crippen molar-refractivity contribution in [3.63, 3.8) is 0 Å². The molecule has 82 valence electrons. The van der Waals surface area contributed by atoms with Crippen molar-refractivity contribution in [1.82, 2.24) is 5.32 Å². The normalized spacial score (nSPS) is 19.7. The van der Waals surface area contributed by atoms with E-state index in [1.165, 1.54) is 0 Å². The summed E-state index contributed by atoms with van der Waals surface area (Å²) < 4.78 is 5.68. The van der Waals surface area contributed by atoms with Gasteiger partial charge in [-0.25, -0.2) is 0 Å². The average Bonchev–Trinajstić information content (AvgIpc) is 2.23. The van der Waals surface area contributed by atoms with Crippen molar-refractivity contribution >= 4 is 17.3 Å². The van der Waals surface area contributed by atoms with Crippen LogP contribution in [0.25, 0.3) is 0 Å². The molecule has 0 bridgehead atoms. The smallest absolute Gasteiger partial charge is 0.161 e. The summed E-state index contributed by atoms with van der Waals surface area (Å²) in [5.74, 6) is 0.800. The Hall–Kier alpha value is -0.930. The van der Waals surface area contributed by atoms with Crippen molar-refractivity contribution in [3.8, 4) is 5.75 Å². The molecular weight excluding hydrogens is 212 g/mol. The van der Waals surface area contributed by atoms with Gasteiger partial charge in [0.25, 0.3) is 0 Å². The summed E-state index contributed by atoms with van der Waals surface area (Å²) in [4.78, 5) is 2.21. The molecule has 1 unspecified atom stereocenters. The fraction of sp³-hybridized carbons (Fsp3) is 0.455. The SMILES string of the molecule is CNCC1COc2c(Cl)cccc2N1C. The highest BCUT2D eigenvalue weighted by Gasteiger charge is 2.25. The number of anilines is 1. The van der Waals surface area contributed by atoms with Crippen molar-refractivity contribution in [2.45, 2.75) is 6.04 Å². The van der Waals surface area contributed by atoms with Gasteiger partial charge in [0, 0.05) is 13.6 Å². The van der Waals surface area contributed by atoms with Crippen LogP contribution in [0.15, 0.2) is 18.2 Å². The second-order valence-electron chi connectivity index (χ2n) is 3.72. The molecule has 3 nitrogen and oxygen atoms in total. The van der Waals surface area contributed by atoms with Gasteiger partial charge in [0.2, 0.25) is 0 Å². The summed E-state index contributed by atoms with van der Waals surface area (Å²) in [6, 6.07) is 6.19. The van der Waals surface area contributed by atoms with E-state index in [4.69, 9.17) is 16.3 Å². The van der Waals surface area contributed by atoms with E-state index in [1.807, 2.05) is 25.2 Å². The van der Waals surface area contributed by atoms with Gasteiger partial charge in [-0.2, -0.15) is 0 Å². The molecule has 0 saturated carbocycles. The number of hydrogen-bond donors (Lipinski definition) is 1. The summed E-state index contributed by atoms with van der Waals surface area (Å²) in [6.07, 6.45) is 0. The van der Waals surface area contributed by atoms with Crippen LogP contribution in [-0.4, -0.2) is 33.3 Å². The molecule has 2 rings (SSSR count). The van der Waals surface area contributed by atoms with E-state index in [9.17, 15) is 0 Å². The summed E-state index contributed by atoms with van der Waals surface area (Å²) in [5.41, 5.74) is 1.06. The zero-order chi connectivity index (χ0) is 10.8. The second-order valence-corrected chi connectivity index (χ2v) is 4.13. The van der Waals surface area contributed by atoms with E-state index < -0.39 is 0 Å². The number of hydrogen-bond acceptors (Lipinski definition) is 3. The molecule has 4 heteroatoms. The van der Waals surface area contributed by atoms with Gasteiger partial charge < -0.3 is 15.0 Å². The zero-order valence-electron chi connectivity index (χ0n) is 8.96. The van der Waals surface area contributed by atoms with E-state index in [2.05, 4.69) is 17.3 Å². The number of nitrogens with zero attached hydrogens (tertiary/aromatic N) is 1. The highest BCUT2D eigenvalue weighted by molar-refractivity contribution is 6.32. The van der Waals surface area contributed by atoms with Gasteiger partial charge in [0.1, 0.15) is 6.61 Å². The van der Waals surface area contributed by atoms with Crippen LogP contribution in [0.3, 0.4) is 0 Å². The largest absolute Gasteiger partial charge is 0.488 e. The Morgan fingerprint density at radius 1 is 1.60 bits per heavy atom. The van der Waals surface area contributed by atoms with E-state index in [0.29, 0.717) is 17.7 Å². The fourth-order valence-corrected chi connectivity index (χ4v) is 2.06. The Balaban J connectivity index is 2.30. The number of halogens is 1. The molecule has 0 amide bonds. The van der Waals surface area contributed by atoms with E-state index >= 15 is 0 Å². The Kier molecular flexibility index (Phi) is 3.03. The van der Waals surface area contributed by atoms with Crippen molar-refractivity contribution < 1.29 is 4.74 Å². The van der Waals surface area contributed by atoms with Gasteiger partial charge in [-0.05, 0) is 19.2 Å². The molecule has 0 aliphatic carbocycles. The Morgan fingerprint density at radius 2 is 2.40 bits per heavy atom. The molecule has 1 aromatic carbocycles. The molecule has 1 heterocycles. The van der Waals surface area contributed by atoms with E-state index in [-0.39, 0.29) is 0 Å². The molecule has 0 spiro atoms. The maximum absolute atomic E-state index is 6.06. The number of rotatable bonds is 2. The van der Waals surface area contributed by atoms with Crippen LogP contribution in [0.5, 0.6) is 5.75 Å². The second kappa shape index (κ2) is 4.29. The maximum atomic E-state index is 6.06. The number of benzene rings is 1. The number of likely N-dealkylation sites (N-methyl/N-ethyl adjacent to an activating group) is 2. The molecule has 1 aromatic rings. The third-order valence-corrected chi connectivity index (χ3v) is 3.03. The lowest BCUT2D eigenvalue weighted by atomic mass is 10.1. The predicted octanol–water partition coefficient (Wildman–Crippen LogP) is 1.76. The number of ether oxygens (including phenoxy) is 1. The molecule has 0 aromatic heterocycles. The molecule has 15 heavy (non-hydrogen) atoms. The predicted molar refractivity (Wildman–Crippen MR) is 63.1 cm³/mol. The van der Waals surface area contributed by atoms with Crippen LogP contribution in [0.2, 0.25) is 5.02 Å². The van der Waals surface area contributed by atoms with E-state index in [0.717, 1.165) is 18.0 Å². The van der Waals surface area contributed by atoms with Crippen LogP contribution < -0.4 is 15.0 Å². The van der Waals surface area contributed by atoms with Crippen LogP contribution in [-0.2, 0) is 0 Å². The fourth-order valence-electron chi connectivity index (χ4n) is 1.84. The first-order chi connectivity index (χ1) is 7.24. The lowest BCUT2D eigenvalue weighted by molar-refractivity contribution is 0.264. The summed E-state index contributed by atoms with van der Waals surface area (Å²) in [7, 11) is 4.01. The van der Waals surface area contributed by atoms with Gasteiger partial charge in [0.15, 0.2) is 5.75 Å². The lowest BCUT2D eigenvalue weighted by Crippen LogP contribution is -2.46. The molecular formula is C11H15ClN2O. The Morgan fingerprint density at radius 3 is 3.13 bits per heavy atom. The monoisotopic (exact) mass is 226 g/mol. The van der Waals surface area contributed by atoms with Crippen molar-refractivity contribution in [3.05, 3.63) is 23.2 Å². The van der Waals surface area contributed by atoms with Crippen molar-refractivity contribution in [2.75, 3.05) is 32.1 Å². The zero-order valence-corrected chi connectivity index (χ0v) is 9.71. The molecule has 0 saturated heterocycles. The van der Waals surface area contributed by atoms with Crippen LogP contribution >= 0.6 is 11.6 Å². The molecule has 0 radical (unpaired) electrons. The molecule has 1 N–H and O–H groups in total. The average molecular weight is 227 g/mol. The molecule has 1 aliphatic heterocycles. The minimum absolute atomic E-state index is 0.362. The topological polar surface area (TPSA) is 24.5 Å². The number of nitrogens with one attached hydrogen (secondary N) is 1. The van der Waals surface area contributed by atoms with Gasteiger partial charge in [0.05, 0.1) is 16.8 Å². The Labute approximate surface area is 95.0 Å². The van der Waals surface area contributed by atoms with Crippen LogP contribution in [0.1, 0.15) is 0 Å².